The van der Waals surface area contributed by atoms with Gasteiger partial charge in [-0.25, -0.2) is 14.6 Å². The minimum Gasteiger partial charge on any atom is -0.456 e. The fourth-order valence-corrected chi connectivity index (χ4v) is 2.79. The van der Waals surface area contributed by atoms with Crippen molar-refractivity contribution >= 4 is 11.9 Å². The molecule has 1 aliphatic heterocycles. The van der Waals surface area contributed by atoms with Crippen LogP contribution in [-0.4, -0.2) is 23.0 Å². The maximum absolute atomic E-state index is 12.2. The first kappa shape index (κ1) is 16.1. The second-order valence-electron chi connectivity index (χ2n) is 5.87. The summed E-state index contributed by atoms with van der Waals surface area (Å²) in [5.41, 5.74) is 2.58. The molecule has 1 atom stereocenters. The first-order valence-electron chi connectivity index (χ1n) is 8.16. The topological polar surface area (TPSA) is 78.6 Å². The van der Waals surface area contributed by atoms with Gasteiger partial charge < -0.3 is 13.9 Å². The van der Waals surface area contributed by atoms with Gasteiger partial charge >= 0.3 is 11.9 Å². The van der Waals surface area contributed by atoms with Gasteiger partial charge in [0, 0.05) is 12.0 Å². The van der Waals surface area contributed by atoms with Gasteiger partial charge in [-0.05, 0) is 23.8 Å². The second-order valence-corrected chi connectivity index (χ2v) is 5.87. The summed E-state index contributed by atoms with van der Waals surface area (Å²) in [6, 6.07) is 16.5. The van der Waals surface area contributed by atoms with E-state index in [1.54, 1.807) is 18.2 Å². The zero-order valence-corrected chi connectivity index (χ0v) is 13.8. The molecule has 6 nitrogen and oxygen atoms in total. The van der Waals surface area contributed by atoms with Crippen LogP contribution in [0.5, 0.6) is 0 Å². The first-order chi connectivity index (χ1) is 12.7. The fourth-order valence-electron chi connectivity index (χ4n) is 2.79. The molecule has 0 spiro atoms. The largest absolute Gasteiger partial charge is 0.456 e. The van der Waals surface area contributed by atoms with Gasteiger partial charge in [0.05, 0.1) is 5.56 Å². The molecular weight excluding hydrogens is 334 g/mol. The Labute approximate surface area is 149 Å². The molecule has 0 bridgehead atoms. The summed E-state index contributed by atoms with van der Waals surface area (Å²) in [5.74, 6) is -0.659. The van der Waals surface area contributed by atoms with E-state index in [-0.39, 0.29) is 6.61 Å². The van der Waals surface area contributed by atoms with Crippen molar-refractivity contribution in [2.45, 2.75) is 19.1 Å². The van der Waals surface area contributed by atoms with Gasteiger partial charge in [-0.15, -0.1) is 0 Å². The SMILES string of the molecule is O=C1OC(C(=O)OCc2coc(-c3ccccc3)n2)Cc2ccccc21. The molecule has 4 rings (SSSR count). The van der Waals surface area contributed by atoms with Crippen LogP contribution in [-0.2, 0) is 27.3 Å². The van der Waals surface area contributed by atoms with E-state index in [9.17, 15) is 9.59 Å². The maximum Gasteiger partial charge on any atom is 0.348 e. The van der Waals surface area contributed by atoms with Crippen LogP contribution in [0.15, 0.2) is 65.3 Å². The van der Waals surface area contributed by atoms with Crippen molar-refractivity contribution in [3.8, 4) is 11.5 Å². The van der Waals surface area contributed by atoms with Gasteiger partial charge in [0.15, 0.2) is 0 Å². The van der Waals surface area contributed by atoms with E-state index in [0.29, 0.717) is 23.6 Å². The van der Waals surface area contributed by atoms with E-state index in [0.717, 1.165) is 11.1 Å². The summed E-state index contributed by atoms with van der Waals surface area (Å²) in [6.45, 7) is -0.0507. The Morgan fingerprint density at radius 1 is 1.12 bits per heavy atom. The van der Waals surface area contributed by atoms with Gasteiger partial charge in [0.25, 0.3) is 0 Å². The van der Waals surface area contributed by atoms with E-state index < -0.39 is 18.0 Å². The molecule has 0 aliphatic carbocycles. The van der Waals surface area contributed by atoms with Crippen LogP contribution in [0.4, 0.5) is 0 Å². The monoisotopic (exact) mass is 349 g/mol. The Morgan fingerprint density at radius 2 is 1.88 bits per heavy atom. The van der Waals surface area contributed by atoms with Crippen LogP contribution < -0.4 is 0 Å². The number of rotatable bonds is 4. The van der Waals surface area contributed by atoms with E-state index in [1.807, 2.05) is 36.4 Å². The van der Waals surface area contributed by atoms with Crippen molar-refractivity contribution in [2.75, 3.05) is 0 Å². The molecule has 0 amide bonds. The lowest BCUT2D eigenvalue weighted by atomic mass is 9.99. The molecule has 0 fully saturated rings. The zero-order chi connectivity index (χ0) is 17.9. The van der Waals surface area contributed by atoms with E-state index >= 15 is 0 Å². The quantitative estimate of drug-likeness (QED) is 0.673. The third-order valence-electron chi connectivity index (χ3n) is 4.09. The van der Waals surface area contributed by atoms with Gasteiger partial charge in [0.2, 0.25) is 12.0 Å². The highest BCUT2D eigenvalue weighted by molar-refractivity contribution is 5.94. The minimum absolute atomic E-state index is 0.0507. The highest BCUT2D eigenvalue weighted by atomic mass is 16.6. The second kappa shape index (κ2) is 6.84. The summed E-state index contributed by atoms with van der Waals surface area (Å²) in [5, 5.41) is 0. The molecule has 26 heavy (non-hydrogen) atoms. The summed E-state index contributed by atoms with van der Waals surface area (Å²) < 4.78 is 15.8. The van der Waals surface area contributed by atoms with Crippen molar-refractivity contribution < 1.29 is 23.5 Å². The van der Waals surface area contributed by atoms with Crippen molar-refractivity contribution in [3.63, 3.8) is 0 Å². The summed E-state index contributed by atoms with van der Waals surface area (Å²) in [7, 11) is 0. The van der Waals surface area contributed by atoms with Gasteiger partial charge in [-0.1, -0.05) is 36.4 Å². The van der Waals surface area contributed by atoms with Crippen molar-refractivity contribution in [2.24, 2.45) is 0 Å². The standard InChI is InChI=1S/C20H15NO5/c22-19-16-9-5-4-8-14(16)10-17(26-19)20(23)25-12-15-11-24-18(21-15)13-6-2-1-3-7-13/h1-9,11,17H,10,12H2. The molecule has 1 unspecified atom stereocenters. The Kier molecular flexibility index (Phi) is 4.23. The third kappa shape index (κ3) is 3.21. The maximum atomic E-state index is 12.2. The molecule has 130 valence electrons. The number of nitrogens with zero attached hydrogens (tertiary/aromatic N) is 1. The number of aromatic nitrogens is 1. The number of cyclic esters (lactones) is 1. The fraction of sp³-hybridized carbons (Fsp3) is 0.150. The number of fused-ring (bicyclic) bond motifs is 1. The molecule has 1 aromatic heterocycles. The van der Waals surface area contributed by atoms with Crippen LogP contribution >= 0.6 is 0 Å². The number of carbonyl (C=O) groups is 2. The number of oxazole rings is 1. The summed E-state index contributed by atoms with van der Waals surface area (Å²) in [4.78, 5) is 28.5. The highest BCUT2D eigenvalue weighted by Crippen LogP contribution is 2.22. The first-order valence-corrected chi connectivity index (χ1v) is 8.16. The van der Waals surface area contributed by atoms with E-state index in [2.05, 4.69) is 4.98 Å². The lowest BCUT2D eigenvalue weighted by Crippen LogP contribution is -2.35. The molecule has 1 aliphatic rings. The molecule has 0 saturated heterocycles. The highest BCUT2D eigenvalue weighted by Gasteiger charge is 2.32. The summed E-state index contributed by atoms with van der Waals surface area (Å²) >= 11 is 0. The van der Waals surface area contributed by atoms with Crippen LogP contribution in [0.1, 0.15) is 21.6 Å². The normalized spacial score (nSPS) is 15.8. The molecular formula is C20H15NO5. The van der Waals surface area contributed by atoms with Gasteiger partial charge in [-0.2, -0.15) is 0 Å². The van der Waals surface area contributed by atoms with Crippen LogP contribution in [0, 0.1) is 0 Å². The number of esters is 2. The lowest BCUT2D eigenvalue weighted by Gasteiger charge is -2.22. The zero-order valence-electron chi connectivity index (χ0n) is 13.8. The number of benzene rings is 2. The Hall–Kier alpha value is -3.41. The lowest BCUT2D eigenvalue weighted by molar-refractivity contribution is -0.155. The average Bonchev–Trinajstić information content (AvgIpc) is 3.16. The molecule has 2 aromatic carbocycles. The smallest absolute Gasteiger partial charge is 0.348 e. The number of ether oxygens (including phenoxy) is 2. The average molecular weight is 349 g/mol. The molecule has 6 heteroatoms. The molecule has 0 saturated carbocycles. The molecule has 0 radical (unpaired) electrons. The van der Waals surface area contributed by atoms with Crippen LogP contribution in [0.25, 0.3) is 11.5 Å². The predicted octanol–water partition coefficient (Wildman–Crippen LogP) is 3.17. The Bertz CT molecular complexity index is 948. The molecule has 3 aromatic rings. The van der Waals surface area contributed by atoms with Crippen LogP contribution in [0.2, 0.25) is 0 Å². The van der Waals surface area contributed by atoms with Crippen molar-refractivity contribution in [3.05, 3.63) is 77.7 Å². The predicted molar refractivity (Wildman–Crippen MR) is 91.1 cm³/mol. The van der Waals surface area contributed by atoms with Gasteiger partial charge in [-0.3, -0.25) is 0 Å². The third-order valence-corrected chi connectivity index (χ3v) is 4.09. The van der Waals surface area contributed by atoms with Crippen molar-refractivity contribution in [1.82, 2.24) is 4.98 Å². The van der Waals surface area contributed by atoms with E-state index in [4.69, 9.17) is 13.9 Å². The summed E-state index contributed by atoms with van der Waals surface area (Å²) in [6.07, 6.45) is 0.796. The number of hydrogen-bond acceptors (Lipinski definition) is 6. The Morgan fingerprint density at radius 3 is 2.73 bits per heavy atom. The molecule has 0 N–H and O–H groups in total. The number of hydrogen-bond donors (Lipinski definition) is 0. The Balaban J connectivity index is 1.39. The molecule has 2 heterocycles. The van der Waals surface area contributed by atoms with E-state index in [1.165, 1.54) is 6.26 Å². The number of carbonyl (C=O) groups excluding carboxylic acids is 2. The van der Waals surface area contributed by atoms with Gasteiger partial charge in [0.1, 0.15) is 18.6 Å². The van der Waals surface area contributed by atoms with Crippen molar-refractivity contribution in [1.29, 1.82) is 0 Å². The minimum atomic E-state index is -0.946. The van der Waals surface area contributed by atoms with Crippen LogP contribution in [0.3, 0.4) is 0 Å².